The van der Waals surface area contributed by atoms with Gasteiger partial charge < -0.3 is 14.2 Å². The Kier molecular flexibility index (Phi) is 61.1. The summed E-state index contributed by atoms with van der Waals surface area (Å²) in [5.41, 5.74) is 0. The molecule has 0 aliphatic rings. The highest BCUT2D eigenvalue weighted by Crippen LogP contribution is 2.18. The summed E-state index contributed by atoms with van der Waals surface area (Å²) in [5, 5.41) is 0. The predicted molar refractivity (Wildman–Crippen MR) is 321 cm³/mol. The monoisotopic (exact) mass is 1040 g/mol. The lowest BCUT2D eigenvalue weighted by molar-refractivity contribution is -0.167. The van der Waals surface area contributed by atoms with E-state index >= 15 is 0 Å². The fourth-order valence-corrected chi connectivity index (χ4v) is 9.89. The number of allylic oxidation sites excluding steroid dienone is 6. The Morgan fingerprint density at radius 1 is 0.270 bits per heavy atom. The maximum atomic E-state index is 12.9. The van der Waals surface area contributed by atoms with Crippen LogP contribution >= 0.6 is 0 Å². The summed E-state index contributed by atoms with van der Waals surface area (Å²) in [5.74, 6) is -0.879. The van der Waals surface area contributed by atoms with Gasteiger partial charge in [-0.05, 0) is 70.6 Å². The quantitative estimate of drug-likeness (QED) is 0.0261. The van der Waals surface area contributed by atoms with E-state index < -0.39 is 6.10 Å². The molecule has 0 radical (unpaired) electrons. The zero-order chi connectivity index (χ0) is 53.6. The summed E-state index contributed by atoms with van der Waals surface area (Å²) in [4.78, 5) is 38.2. The number of unbranched alkanes of at least 4 members (excludes halogenated alkanes) is 44. The van der Waals surface area contributed by atoms with E-state index in [1.165, 1.54) is 231 Å². The molecule has 0 N–H and O–H groups in total. The van der Waals surface area contributed by atoms with Gasteiger partial charge in [-0.15, -0.1) is 0 Å². The van der Waals surface area contributed by atoms with Gasteiger partial charge in [-0.1, -0.05) is 308 Å². The Bertz CT molecular complexity index is 1240. The molecule has 1 unspecified atom stereocenters. The normalized spacial score (nSPS) is 12.2. The molecule has 0 spiro atoms. The van der Waals surface area contributed by atoms with Crippen molar-refractivity contribution in [2.24, 2.45) is 0 Å². The lowest BCUT2D eigenvalue weighted by atomic mass is 10.0. The molecule has 434 valence electrons. The third kappa shape index (κ3) is 60.5. The topological polar surface area (TPSA) is 78.9 Å². The van der Waals surface area contributed by atoms with Crippen LogP contribution in [-0.2, 0) is 28.6 Å². The zero-order valence-corrected chi connectivity index (χ0v) is 49.9. The minimum atomic E-state index is -0.780. The Balaban J connectivity index is 4.13. The molecule has 0 aliphatic carbocycles. The molecule has 0 aromatic rings. The van der Waals surface area contributed by atoms with Gasteiger partial charge >= 0.3 is 17.9 Å². The molecule has 0 saturated carbocycles. The number of carbonyl (C=O) groups excluding carboxylic acids is 3. The largest absolute Gasteiger partial charge is 0.462 e. The van der Waals surface area contributed by atoms with E-state index in [0.717, 1.165) is 89.9 Å². The molecule has 0 rings (SSSR count). The van der Waals surface area contributed by atoms with Gasteiger partial charge in [0.05, 0.1) is 0 Å². The molecule has 0 amide bonds. The lowest BCUT2D eigenvalue weighted by Crippen LogP contribution is -2.30. The molecule has 74 heavy (non-hydrogen) atoms. The van der Waals surface area contributed by atoms with Crippen molar-refractivity contribution in [2.75, 3.05) is 13.2 Å². The molecule has 0 aromatic carbocycles. The van der Waals surface area contributed by atoms with Crippen molar-refractivity contribution >= 4 is 17.9 Å². The van der Waals surface area contributed by atoms with Crippen LogP contribution in [0.2, 0.25) is 0 Å². The average Bonchev–Trinajstić information content (AvgIpc) is 3.40. The summed E-state index contributed by atoms with van der Waals surface area (Å²) in [6.45, 7) is 6.60. The second kappa shape index (κ2) is 63.2. The first-order valence-electron chi connectivity index (χ1n) is 33.0. The van der Waals surface area contributed by atoms with E-state index in [4.69, 9.17) is 14.2 Å². The second-order valence-electron chi connectivity index (χ2n) is 22.4. The highest BCUT2D eigenvalue weighted by molar-refractivity contribution is 5.71. The van der Waals surface area contributed by atoms with E-state index in [0.29, 0.717) is 19.3 Å². The predicted octanol–water partition coefficient (Wildman–Crippen LogP) is 22.4. The van der Waals surface area contributed by atoms with Crippen LogP contribution in [-0.4, -0.2) is 37.2 Å². The van der Waals surface area contributed by atoms with E-state index in [1.54, 1.807) is 0 Å². The number of hydrogen-bond donors (Lipinski definition) is 0. The average molecular weight is 1040 g/mol. The van der Waals surface area contributed by atoms with Crippen molar-refractivity contribution in [1.82, 2.24) is 0 Å². The van der Waals surface area contributed by atoms with Gasteiger partial charge in [0, 0.05) is 19.3 Å². The van der Waals surface area contributed by atoms with Crippen molar-refractivity contribution < 1.29 is 28.6 Å². The van der Waals surface area contributed by atoms with Crippen molar-refractivity contribution in [2.45, 2.75) is 367 Å². The molecule has 0 saturated heterocycles. The SMILES string of the molecule is CCC/C=C\C/C=C\CCCCCCCC(=O)OCC(COC(=O)CCCCCCCCCCCCCCCCCCCCCCCCCCCCCCC)OC(=O)CCCCCCC/C=C\CCCCCCC. The lowest BCUT2D eigenvalue weighted by Gasteiger charge is -2.18. The molecule has 0 bridgehead atoms. The fraction of sp³-hybridized carbons (Fsp3) is 0.868. The Labute approximate surface area is 461 Å². The summed E-state index contributed by atoms with van der Waals surface area (Å²) >= 11 is 0. The van der Waals surface area contributed by atoms with Gasteiger partial charge in [0.15, 0.2) is 6.10 Å². The molecule has 0 heterocycles. The third-order valence-corrected chi connectivity index (χ3v) is 14.8. The Morgan fingerprint density at radius 2 is 0.514 bits per heavy atom. The summed E-state index contributed by atoms with van der Waals surface area (Å²) in [6, 6.07) is 0. The third-order valence-electron chi connectivity index (χ3n) is 14.8. The van der Waals surface area contributed by atoms with Crippen LogP contribution in [0.4, 0.5) is 0 Å². The van der Waals surface area contributed by atoms with Gasteiger partial charge in [-0.25, -0.2) is 0 Å². The van der Waals surface area contributed by atoms with Gasteiger partial charge in [0.1, 0.15) is 13.2 Å². The maximum absolute atomic E-state index is 12.9. The molecule has 0 aromatic heterocycles. The van der Waals surface area contributed by atoms with E-state index in [2.05, 4.69) is 57.2 Å². The molecule has 6 heteroatoms. The molecule has 1 atom stereocenters. The number of ether oxygens (including phenoxy) is 3. The van der Waals surface area contributed by atoms with Crippen LogP contribution in [0.5, 0.6) is 0 Å². The van der Waals surface area contributed by atoms with Crippen molar-refractivity contribution in [3.63, 3.8) is 0 Å². The first-order valence-corrected chi connectivity index (χ1v) is 33.0. The first-order chi connectivity index (χ1) is 36.5. The van der Waals surface area contributed by atoms with Crippen LogP contribution < -0.4 is 0 Å². The van der Waals surface area contributed by atoms with E-state index in [9.17, 15) is 14.4 Å². The smallest absolute Gasteiger partial charge is 0.306 e. The highest BCUT2D eigenvalue weighted by Gasteiger charge is 2.19. The van der Waals surface area contributed by atoms with Crippen LogP contribution in [0.1, 0.15) is 361 Å². The second-order valence-corrected chi connectivity index (χ2v) is 22.4. The Hall–Kier alpha value is -2.37. The maximum Gasteiger partial charge on any atom is 0.306 e. The standard InChI is InChI=1S/C68H126O6/c1-4-7-10-13-16-19-22-25-27-28-29-30-31-32-33-34-35-36-37-38-39-40-41-44-46-49-52-55-58-61-67(70)73-64-65(63-72-66(69)60-57-54-51-48-45-42-24-21-18-15-12-9-6-3)74-68(71)62-59-56-53-50-47-43-26-23-20-17-14-11-8-5-2/h12,15,21,23-24,26,65H,4-11,13-14,16-20,22,25,27-64H2,1-3H3/b15-12-,24-21-,26-23-. The number of hydrogen-bond acceptors (Lipinski definition) is 6. The number of rotatable bonds is 61. The Morgan fingerprint density at radius 3 is 0.811 bits per heavy atom. The van der Waals surface area contributed by atoms with Crippen LogP contribution in [0.25, 0.3) is 0 Å². The minimum Gasteiger partial charge on any atom is -0.462 e. The van der Waals surface area contributed by atoms with Gasteiger partial charge in [-0.2, -0.15) is 0 Å². The van der Waals surface area contributed by atoms with Crippen molar-refractivity contribution in [3.8, 4) is 0 Å². The summed E-state index contributed by atoms with van der Waals surface area (Å²) in [6.07, 6.45) is 77.5. The molecule has 0 aliphatic heterocycles. The number of esters is 3. The van der Waals surface area contributed by atoms with Gasteiger partial charge in [-0.3, -0.25) is 14.4 Å². The minimum absolute atomic E-state index is 0.0762. The highest BCUT2D eigenvalue weighted by atomic mass is 16.6. The summed E-state index contributed by atoms with van der Waals surface area (Å²) < 4.78 is 16.9. The first kappa shape index (κ1) is 71.6. The van der Waals surface area contributed by atoms with Crippen LogP contribution in [0, 0.1) is 0 Å². The number of carbonyl (C=O) groups is 3. The van der Waals surface area contributed by atoms with Crippen LogP contribution in [0.3, 0.4) is 0 Å². The molecular formula is C68H126O6. The molecule has 6 nitrogen and oxygen atoms in total. The molecular weight excluding hydrogens is 913 g/mol. The molecule has 0 fully saturated rings. The van der Waals surface area contributed by atoms with Gasteiger partial charge in [0.2, 0.25) is 0 Å². The van der Waals surface area contributed by atoms with Gasteiger partial charge in [0.25, 0.3) is 0 Å². The van der Waals surface area contributed by atoms with E-state index in [-0.39, 0.29) is 31.1 Å². The van der Waals surface area contributed by atoms with Crippen molar-refractivity contribution in [1.29, 1.82) is 0 Å². The van der Waals surface area contributed by atoms with E-state index in [1.807, 2.05) is 0 Å². The van der Waals surface area contributed by atoms with Crippen molar-refractivity contribution in [3.05, 3.63) is 36.5 Å². The van der Waals surface area contributed by atoms with Crippen LogP contribution in [0.15, 0.2) is 36.5 Å². The zero-order valence-electron chi connectivity index (χ0n) is 49.9. The summed E-state index contributed by atoms with van der Waals surface area (Å²) in [7, 11) is 0. The fourth-order valence-electron chi connectivity index (χ4n) is 9.89.